The summed E-state index contributed by atoms with van der Waals surface area (Å²) in [6, 6.07) is 10.7. The lowest BCUT2D eigenvalue weighted by atomic mass is 10.0. The second kappa shape index (κ2) is 6.10. The molecule has 1 heterocycles. The van der Waals surface area contributed by atoms with Crippen molar-refractivity contribution < 1.29 is 14.3 Å². The van der Waals surface area contributed by atoms with E-state index < -0.39 is 12.1 Å². The summed E-state index contributed by atoms with van der Waals surface area (Å²) in [6.07, 6.45) is 3.92. The quantitative estimate of drug-likeness (QED) is 0.642. The molecule has 1 aliphatic rings. The van der Waals surface area contributed by atoms with E-state index in [1.54, 1.807) is 25.1 Å². The predicted molar refractivity (Wildman–Crippen MR) is 81.9 cm³/mol. The van der Waals surface area contributed by atoms with E-state index in [-0.39, 0.29) is 11.5 Å². The van der Waals surface area contributed by atoms with Gasteiger partial charge in [0, 0.05) is 11.8 Å². The number of carbonyl (C=O) groups is 2. The number of hydrogen-bond donors (Lipinski definition) is 0. The van der Waals surface area contributed by atoms with Gasteiger partial charge in [0.1, 0.15) is 5.69 Å². The minimum Gasteiger partial charge on any atom is -0.450 e. The Morgan fingerprint density at radius 3 is 2.73 bits per heavy atom. The third-order valence-electron chi connectivity index (χ3n) is 3.91. The SMILES string of the molecule is C[C@@H](OC(=O)c1ccccn1)C(=O)c1ccc2c(c1)CCC2. The van der Waals surface area contributed by atoms with Crippen LogP contribution in [0.25, 0.3) is 0 Å². The summed E-state index contributed by atoms with van der Waals surface area (Å²) < 4.78 is 5.22. The van der Waals surface area contributed by atoms with Crippen molar-refractivity contribution >= 4 is 11.8 Å². The summed E-state index contributed by atoms with van der Waals surface area (Å²) in [5, 5.41) is 0. The molecule has 1 atom stereocenters. The number of ketones is 1. The highest BCUT2D eigenvalue weighted by atomic mass is 16.5. The summed E-state index contributed by atoms with van der Waals surface area (Å²) in [4.78, 5) is 28.3. The number of nitrogens with zero attached hydrogens (tertiary/aromatic N) is 1. The van der Waals surface area contributed by atoms with Crippen molar-refractivity contribution in [2.75, 3.05) is 0 Å². The number of Topliss-reactive ketones (excluding diaryl/α,β-unsaturated/α-hetero) is 1. The van der Waals surface area contributed by atoms with E-state index in [0.29, 0.717) is 5.56 Å². The summed E-state index contributed by atoms with van der Waals surface area (Å²) in [7, 11) is 0. The average molecular weight is 295 g/mol. The number of pyridine rings is 1. The normalized spacial score (nSPS) is 14.2. The van der Waals surface area contributed by atoms with Crippen molar-refractivity contribution in [1.82, 2.24) is 4.98 Å². The van der Waals surface area contributed by atoms with E-state index in [1.165, 1.54) is 17.3 Å². The summed E-state index contributed by atoms with van der Waals surface area (Å²) in [6.45, 7) is 1.59. The fourth-order valence-electron chi connectivity index (χ4n) is 2.72. The maximum absolute atomic E-state index is 12.4. The van der Waals surface area contributed by atoms with Gasteiger partial charge in [0.25, 0.3) is 0 Å². The molecule has 0 N–H and O–H groups in total. The standard InChI is InChI=1S/C18H17NO3/c1-12(22-18(21)16-7-2-3-10-19-16)17(20)15-9-8-13-5-4-6-14(13)11-15/h2-3,7-12H,4-6H2,1H3/t12-/m1/s1. The molecule has 0 fully saturated rings. The van der Waals surface area contributed by atoms with Crippen LogP contribution in [0.5, 0.6) is 0 Å². The molecule has 22 heavy (non-hydrogen) atoms. The van der Waals surface area contributed by atoms with Crippen molar-refractivity contribution in [3.63, 3.8) is 0 Å². The van der Waals surface area contributed by atoms with Crippen molar-refractivity contribution in [1.29, 1.82) is 0 Å². The Hall–Kier alpha value is -2.49. The van der Waals surface area contributed by atoms with Gasteiger partial charge in [-0.2, -0.15) is 0 Å². The molecular formula is C18H17NO3. The molecule has 4 heteroatoms. The lowest BCUT2D eigenvalue weighted by molar-refractivity contribution is 0.0313. The van der Waals surface area contributed by atoms with Crippen LogP contribution in [0, 0.1) is 0 Å². The largest absolute Gasteiger partial charge is 0.450 e. The number of aromatic nitrogens is 1. The topological polar surface area (TPSA) is 56.3 Å². The highest BCUT2D eigenvalue weighted by molar-refractivity contribution is 6.01. The van der Waals surface area contributed by atoms with Crippen LogP contribution in [0.15, 0.2) is 42.6 Å². The van der Waals surface area contributed by atoms with Crippen LogP contribution in [0.1, 0.15) is 45.3 Å². The fraction of sp³-hybridized carbons (Fsp3) is 0.278. The molecule has 0 aliphatic heterocycles. The third kappa shape index (κ3) is 2.91. The van der Waals surface area contributed by atoms with Crippen LogP contribution in [-0.2, 0) is 17.6 Å². The van der Waals surface area contributed by atoms with Crippen molar-refractivity contribution in [2.45, 2.75) is 32.3 Å². The number of hydrogen-bond acceptors (Lipinski definition) is 4. The van der Waals surface area contributed by atoms with E-state index in [0.717, 1.165) is 19.3 Å². The highest BCUT2D eigenvalue weighted by Crippen LogP contribution is 2.23. The maximum Gasteiger partial charge on any atom is 0.357 e. The monoisotopic (exact) mass is 295 g/mol. The summed E-state index contributed by atoms with van der Waals surface area (Å²) in [5.41, 5.74) is 3.35. The van der Waals surface area contributed by atoms with Gasteiger partial charge in [-0.25, -0.2) is 9.78 Å². The van der Waals surface area contributed by atoms with Crippen LogP contribution in [-0.4, -0.2) is 22.8 Å². The van der Waals surface area contributed by atoms with E-state index in [9.17, 15) is 9.59 Å². The first-order chi connectivity index (χ1) is 10.6. The number of rotatable bonds is 4. The second-order valence-electron chi connectivity index (χ2n) is 5.46. The predicted octanol–water partition coefficient (Wildman–Crippen LogP) is 3.00. The van der Waals surface area contributed by atoms with E-state index >= 15 is 0 Å². The molecule has 0 spiro atoms. The molecule has 0 saturated heterocycles. The molecule has 0 bridgehead atoms. The molecule has 1 aliphatic carbocycles. The molecule has 0 amide bonds. The Labute approximate surface area is 129 Å². The Morgan fingerprint density at radius 1 is 1.14 bits per heavy atom. The number of carbonyl (C=O) groups excluding carboxylic acids is 2. The molecule has 3 rings (SSSR count). The number of fused-ring (bicyclic) bond motifs is 1. The minimum absolute atomic E-state index is 0.181. The van der Waals surface area contributed by atoms with E-state index in [2.05, 4.69) is 4.98 Å². The Kier molecular flexibility index (Phi) is 4.00. The van der Waals surface area contributed by atoms with Crippen molar-refractivity contribution in [3.05, 3.63) is 65.0 Å². The average Bonchev–Trinajstić information content (AvgIpc) is 3.02. The Bertz CT molecular complexity index is 710. The lowest BCUT2D eigenvalue weighted by Crippen LogP contribution is -2.25. The zero-order valence-corrected chi connectivity index (χ0v) is 12.4. The van der Waals surface area contributed by atoms with Gasteiger partial charge in [0.05, 0.1) is 0 Å². The minimum atomic E-state index is -0.825. The van der Waals surface area contributed by atoms with Crippen molar-refractivity contribution in [2.24, 2.45) is 0 Å². The van der Waals surface area contributed by atoms with Crippen LogP contribution in [0.2, 0.25) is 0 Å². The molecule has 2 aromatic rings. The zero-order valence-electron chi connectivity index (χ0n) is 12.4. The Balaban J connectivity index is 1.71. The highest BCUT2D eigenvalue weighted by Gasteiger charge is 2.22. The molecule has 112 valence electrons. The fourth-order valence-corrected chi connectivity index (χ4v) is 2.72. The van der Waals surface area contributed by atoms with Gasteiger partial charge in [0.15, 0.2) is 6.10 Å². The van der Waals surface area contributed by atoms with Crippen molar-refractivity contribution in [3.8, 4) is 0 Å². The molecule has 4 nitrogen and oxygen atoms in total. The van der Waals surface area contributed by atoms with Crippen LogP contribution < -0.4 is 0 Å². The number of benzene rings is 1. The molecule has 0 radical (unpaired) electrons. The number of esters is 1. The van der Waals surface area contributed by atoms with Crippen LogP contribution in [0.3, 0.4) is 0 Å². The van der Waals surface area contributed by atoms with Gasteiger partial charge >= 0.3 is 5.97 Å². The number of aryl methyl sites for hydroxylation is 2. The lowest BCUT2D eigenvalue weighted by Gasteiger charge is -2.12. The van der Waals surface area contributed by atoms with Gasteiger partial charge in [-0.1, -0.05) is 18.2 Å². The van der Waals surface area contributed by atoms with Crippen LogP contribution in [0.4, 0.5) is 0 Å². The van der Waals surface area contributed by atoms with Crippen LogP contribution >= 0.6 is 0 Å². The molecule has 0 saturated carbocycles. The number of ether oxygens (including phenoxy) is 1. The van der Waals surface area contributed by atoms with Gasteiger partial charge in [0.2, 0.25) is 5.78 Å². The first kappa shape index (κ1) is 14.4. The first-order valence-electron chi connectivity index (χ1n) is 7.43. The molecule has 1 aromatic heterocycles. The summed E-state index contributed by atoms with van der Waals surface area (Å²) in [5.74, 6) is -0.762. The van der Waals surface area contributed by atoms with E-state index in [1.807, 2.05) is 18.2 Å². The van der Waals surface area contributed by atoms with Gasteiger partial charge in [-0.15, -0.1) is 0 Å². The Morgan fingerprint density at radius 2 is 1.95 bits per heavy atom. The van der Waals surface area contributed by atoms with Gasteiger partial charge in [-0.05, 0) is 55.5 Å². The third-order valence-corrected chi connectivity index (χ3v) is 3.91. The van der Waals surface area contributed by atoms with E-state index in [4.69, 9.17) is 4.74 Å². The van der Waals surface area contributed by atoms with Gasteiger partial charge in [-0.3, -0.25) is 4.79 Å². The molecule has 1 aromatic carbocycles. The summed E-state index contributed by atoms with van der Waals surface area (Å²) >= 11 is 0. The molecule has 0 unspecified atom stereocenters. The second-order valence-corrected chi connectivity index (χ2v) is 5.46. The smallest absolute Gasteiger partial charge is 0.357 e. The first-order valence-corrected chi connectivity index (χ1v) is 7.43. The maximum atomic E-state index is 12.4. The molecular weight excluding hydrogens is 278 g/mol. The van der Waals surface area contributed by atoms with Gasteiger partial charge < -0.3 is 4.74 Å². The zero-order chi connectivity index (χ0) is 15.5.